The molecule has 8 heavy (non-hydrogen) atoms. The molecule has 0 radical (unpaired) electrons. The van der Waals surface area contributed by atoms with E-state index < -0.39 is 0 Å². The molecule has 0 N–H and O–H groups in total. The summed E-state index contributed by atoms with van der Waals surface area (Å²) in [5.41, 5.74) is 0. The van der Waals surface area contributed by atoms with Gasteiger partial charge in [-0.25, -0.2) is 0 Å². The first-order chi connectivity index (χ1) is 3.29. The number of imidazole rings is 1. The minimum atomic E-state index is 0. The second-order valence-electron chi connectivity index (χ2n) is 1.11. The molecule has 0 aliphatic heterocycles. The number of hydrogen-bond acceptors (Lipinski definition) is 2. The molecule has 0 bridgehead atoms. The minimum Gasteiger partial charge on any atom is -1.00 e. The van der Waals surface area contributed by atoms with Gasteiger partial charge in [0.2, 0.25) is 0 Å². The van der Waals surface area contributed by atoms with Crippen LogP contribution in [0.5, 0.6) is 0 Å². The van der Waals surface area contributed by atoms with Gasteiger partial charge in [-0.1, -0.05) is 0 Å². The predicted molar refractivity (Wildman–Crippen MR) is 33.1 cm³/mol. The average Bonchev–Trinajstić information content (AvgIpc) is 1.87. The van der Waals surface area contributed by atoms with Crippen molar-refractivity contribution in [2.75, 3.05) is 0 Å². The fourth-order valence-electron chi connectivity index (χ4n) is 0.303. The molecule has 0 atom stereocenters. The molecule has 0 spiro atoms. The standard InChI is InChI=1S/C3H4N2SSe.Na.H/c6-3-1-5(7)2-4-3;;/h1-2,6-7H;;/q;+1;-1. The summed E-state index contributed by atoms with van der Waals surface area (Å²) in [6, 6.07) is 0. The van der Waals surface area contributed by atoms with Gasteiger partial charge in [-0.3, -0.25) is 0 Å². The van der Waals surface area contributed by atoms with Gasteiger partial charge in [0, 0.05) is 0 Å². The van der Waals surface area contributed by atoms with Crippen molar-refractivity contribution < 1.29 is 31.0 Å². The fourth-order valence-corrected chi connectivity index (χ4v) is 1.01. The fraction of sp³-hybridized carbons (Fsp3) is 0. The molecule has 0 amide bonds. The molecule has 1 rings (SSSR count). The summed E-state index contributed by atoms with van der Waals surface area (Å²) in [6.45, 7) is 0. The van der Waals surface area contributed by atoms with E-state index in [2.05, 4.69) is 33.8 Å². The van der Waals surface area contributed by atoms with Crippen LogP contribution in [0, 0.1) is 0 Å². The molecule has 1 aromatic heterocycles. The maximum Gasteiger partial charge on any atom is 1.00 e. The summed E-state index contributed by atoms with van der Waals surface area (Å²) < 4.78 is 1.79. The van der Waals surface area contributed by atoms with Crippen LogP contribution in [-0.2, 0) is 0 Å². The minimum absolute atomic E-state index is 0. The zero-order valence-corrected chi connectivity index (χ0v) is 9.21. The Morgan fingerprint density at radius 2 is 2.50 bits per heavy atom. The van der Waals surface area contributed by atoms with Crippen LogP contribution in [0.25, 0.3) is 0 Å². The maximum absolute atomic E-state index is 3.96. The van der Waals surface area contributed by atoms with E-state index in [0.717, 1.165) is 5.03 Å². The van der Waals surface area contributed by atoms with Crippen LogP contribution in [0.3, 0.4) is 0 Å². The molecule has 0 aromatic carbocycles. The van der Waals surface area contributed by atoms with E-state index in [1.54, 1.807) is 9.91 Å². The largest absolute Gasteiger partial charge is 1.00 e. The van der Waals surface area contributed by atoms with E-state index in [9.17, 15) is 0 Å². The zero-order chi connectivity index (χ0) is 5.28. The second-order valence-corrected chi connectivity index (χ2v) is 2.54. The quantitative estimate of drug-likeness (QED) is 0.350. The zero-order valence-electron chi connectivity index (χ0n) is 5.44. The van der Waals surface area contributed by atoms with Gasteiger partial charge in [-0.15, -0.1) is 0 Å². The van der Waals surface area contributed by atoms with Gasteiger partial charge in [-0.2, -0.15) is 0 Å². The van der Waals surface area contributed by atoms with Crippen LogP contribution < -0.4 is 29.6 Å². The SMILES string of the molecule is Sc1cn([SeH])cn1.[H-].[Na+]. The van der Waals surface area contributed by atoms with Crippen LogP contribution >= 0.6 is 12.6 Å². The Bertz CT molecular complexity index is 154. The van der Waals surface area contributed by atoms with E-state index in [-0.39, 0.29) is 31.0 Å². The molecule has 0 aliphatic carbocycles. The van der Waals surface area contributed by atoms with Crippen molar-refractivity contribution in [3.8, 4) is 0 Å². The molecule has 0 fully saturated rings. The molecule has 2 nitrogen and oxygen atoms in total. The average molecular weight is 203 g/mol. The maximum atomic E-state index is 3.96. The summed E-state index contributed by atoms with van der Waals surface area (Å²) in [4.78, 5) is 3.83. The summed E-state index contributed by atoms with van der Waals surface area (Å²) in [5.74, 6) is 0. The Labute approximate surface area is 85.3 Å². The van der Waals surface area contributed by atoms with Crippen LogP contribution in [-0.4, -0.2) is 24.8 Å². The number of aromatic nitrogens is 2. The van der Waals surface area contributed by atoms with Crippen molar-refractivity contribution >= 4 is 28.9 Å². The van der Waals surface area contributed by atoms with Gasteiger partial charge in [-0.05, 0) is 0 Å². The first kappa shape index (κ1) is 9.08. The summed E-state index contributed by atoms with van der Waals surface area (Å²) >= 11 is 6.28. The van der Waals surface area contributed by atoms with Gasteiger partial charge in [0.25, 0.3) is 0 Å². The number of rotatable bonds is 0. The van der Waals surface area contributed by atoms with Gasteiger partial charge in [0.15, 0.2) is 0 Å². The summed E-state index contributed by atoms with van der Waals surface area (Å²) in [6.07, 6.45) is 3.49. The van der Waals surface area contributed by atoms with Crippen LogP contribution in [0.1, 0.15) is 1.43 Å². The molecule has 5 heteroatoms. The summed E-state index contributed by atoms with van der Waals surface area (Å²) in [7, 11) is 0. The number of thiol groups is 1. The van der Waals surface area contributed by atoms with Crippen molar-refractivity contribution in [3.05, 3.63) is 12.5 Å². The van der Waals surface area contributed by atoms with Crippen molar-refractivity contribution in [2.24, 2.45) is 0 Å². The van der Waals surface area contributed by atoms with Gasteiger partial charge >= 0.3 is 84.5 Å². The normalized spacial score (nSPS) is 8.25. The first-order valence-corrected chi connectivity index (χ1v) is 3.00. The van der Waals surface area contributed by atoms with Gasteiger partial charge in [0.05, 0.1) is 0 Å². The number of nitrogens with zero attached hydrogens (tertiary/aromatic N) is 2. The van der Waals surface area contributed by atoms with Crippen LogP contribution in [0.4, 0.5) is 0 Å². The third-order valence-electron chi connectivity index (χ3n) is 0.556. The molecule has 0 unspecified atom stereocenters. The first-order valence-electron chi connectivity index (χ1n) is 1.71. The smallest absolute Gasteiger partial charge is 1.00 e. The Hall–Kier alpha value is 1.08. The Kier molecular flexibility index (Phi) is 4.52. The predicted octanol–water partition coefficient (Wildman–Crippen LogP) is -3.05. The summed E-state index contributed by atoms with van der Waals surface area (Å²) in [5, 5.41) is 0.751. The van der Waals surface area contributed by atoms with E-state index in [0.29, 0.717) is 0 Å². The van der Waals surface area contributed by atoms with E-state index in [4.69, 9.17) is 0 Å². The van der Waals surface area contributed by atoms with E-state index in [1.807, 2.05) is 6.20 Å². The molecule has 0 saturated heterocycles. The van der Waals surface area contributed by atoms with Gasteiger partial charge < -0.3 is 1.43 Å². The van der Waals surface area contributed by atoms with E-state index in [1.165, 1.54) is 0 Å². The second kappa shape index (κ2) is 3.99. The Morgan fingerprint density at radius 3 is 2.62 bits per heavy atom. The monoisotopic (exact) mass is 204 g/mol. The molecular weight excluding hydrogens is 198 g/mol. The molecule has 0 saturated carbocycles. The molecule has 0 aliphatic rings. The van der Waals surface area contributed by atoms with Crippen molar-refractivity contribution in [2.45, 2.75) is 5.03 Å². The van der Waals surface area contributed by atoms with Gasteiger partial charge in [0.1, 0.15) is 0 Å². The third kappa shape index (κ3) is 2.58. The molecule has 1 heterocycles. The molecule has 1 aromatic rings. The molecule has 40 valence electrons. The van der Waals surface area contributed by atoms with Crippen LogP contribution in [0.2, 0.25) is 0 Å². The van der Waals surface area contributed by atoms with Crippen molar-refractivity contribution in [3.63, 3.8) is 0 Å². The topological polar surface area (TPSA) is 17.8 Å². The third-order valence-corrected chi connectivity index (χ3v) is 1.25. The Balaban J connectivity index is 0. The van der Waals surface area contributed by atoms with Crippen molar-refractivity contribution in [1.82, 2.24) is 8.57 Å². The molecular formula is C3H5N2NaSSe. The van der Waals surface area contributed by atoms with Crippen molar-refractivity contribution in [1.29, 1.82) is 0 Å². The number of hydrogen-bond donors (Lipinski definition) is 1. The Morgan fingerprint density at radius 1 is 1.88 bits per heavy atom. The van der Waals surface area contributed by atoms with E-state index >= 15 is 0 Å². The van der Waals surface area contributed by atoms with Crippen LogP contribution in [0.15, 0.2) is 17.6 Å².